The number of aliphatic hydroxyl groups is 2. The summed E-state index contributed by atoms with van der Waals surface area (Å²) in [6.07, 6.45) is -1.57. The van der Waals surface area contributed by atoms with Crippen LogP contribution in [-0.4, -0.2) is 45.3 Å². The smallest absolute Gasteiger partial charge is 0.269 e. The largest absolute Gasteiger partial charge is 0.389 e. The normalized spacial score (nSPS) is 23.5. The lowest BCUT2D eigenvalue weighted by Gasteiger charge is -2.17. The second-order valence-corrected chi connectivity index (χ2v) is 4.57. The van der Waals surface area contributed by atoms with Gasteiger partial charge >= 0.3 is 0 Å². The second kappa shape index (κ2) is 5.49. The fourth-order valence-corrected chi connectivity index (χ4v) is 2.18. The Morgan fingerprint density at radius 2 is 2.05 bits per heavy atom. The first-order valence-corrected chi connectivity index (χ1v) is 5.83. The standard InChI is InChI=1S/C11H16N4O4/c12-13-9-2-1-8(15(18)19)3-7(9)4-14-5-10(16)11(17)6-14/h1-3,10-11,13,16-17H,4-6,12H2. The molecule has 5 N–H and O–H groups in total. The van der Waals surface area contributed by atoms with Crippen molar-refractivity contribution in [1.82, 2.24) is 4.90 Å². The van der Waals surface area contributed by atoms with Gasteiger partial charge in [-0.1, -0.05) is 0 Å². The van der Waals surface area contributed by atoms with Gasteiger partial charge in [-0.05, 0) is 11.6 Å². The molecule has 0 aliphatic carbocycles. The highest BCUT2D eigenvalue weighted by Gasteiger charge is 2.29. The average Bonchev–Trinajstić information content (AvgIpc) is 2.68. The van der Waals surface area contributed by atoms with Crippen molar-refractivity contribution in [3.05, 3.63) is 33.9 Å². The average molecular weight is 268 g/mol. The van der Waals surface area contributed by atoms with E-state index < -0.39 is 17.1 Å². The number of hydrogen-bond acceptors (Lipinski definition) is 7. The van der Waals surface area contributed by atoms with Gasteiger partial charge in [0.2, 0.25) is 0 Å². The van der Waals surface area contributed by atoms with E-state index in [-0.39, 0.29) is 5.69 Å². The molecule has 1 aliphatic heterocycles. The number of likely N-dealkylation sites (tertiary alicyclic amines) is 1. The van der Waals surface area contributed by atoms with Gasteiger partial charge in [0.25, 0.3) is 5.69 Å². The molecule has 1 saturated heterocycles. The van der Waals surface area contributed by atoms with E-state index >= 15 is 0 Å². The van der Waals surface area contributed by atoms with E-state index in [0.29, 0.717) is 30.9 Å². The van der Waals surface area contributed by atoms with Gasteiger partial charge < -0.3 is 15.6 Å². The second-order valence-electron chi connectivity index (χ2n) is 4.57. The topological polar surface area (TPSA) is 125 Å². The van der Waals surface area contributed by atoms with Crippen LogP contribution >= 0.6 is 0 Å². The monoisotopic (exact) mass is 268 g/mol. The number of rotatable bonds is 4. The summed E-state index contributed by atoms with van der Waals surface area (Å²) in [5, 5.41) is 29.7. The van der Waals surface area contributed by atoms with E-state index in [0.717, 1.165) is 0 Å². The van der Waals surface area contributed by atoms with Gasteiger partial charge in [-0.3, -0.25) is 20.9 Å². The molecular formula is C11H16N4O4. The van der Waals surface area contributed by atoms with Crippen LogP contribution in [0.5, 0.6) is 0 Å². The fourth-order valence-electron chi connectivity index (χ4n) is 2.18. The van der Waals surface area contributed by atoms with Gasteiger partial charge in [-0.25, -0.2) is 0 Å². The molecule has 19 heavy (non-hydrogen) atoms. The zero-order chi connectivity index (χ0) is 14.0. The Labute approximate surface area is 109 Å². The number of non-ortho nitro benzene ring substituents is 1. The van der Waals surface area contributed by atoms with E-state index in [1.165, 1.54) is 18.2 Å². The molecule has 1 aromatic rings. The molecule has 0 radical (unpaired) electrons. The molecule has 2 rings (SSSR count). The first-order valence-electron chi connectivity index (χ1n) is 5.83. The molecule has 0 aromatic heterocycles. The third-order valence-corrected chi connectivity index (χ3v) is 3.18. The Bertz CT molecular complexity index is 472. The molecular weight excluding hydrogens is 252 g/mol. The summed E-state index contributed by atoms with van der Waals surface area (Å²) < 4.78 is 0. The Morgan fingerprint density at radius 1 is 1.42 bits per heavy atom. The number of nitrogens with one attached hydrogen (secondary N) is 1. The van der Waals surface area contributed by atoms with Crippen molar-refractivity contribution in [3.63, 3.8) is 0 Å². The summed E-state index contributed by atoms with van der Waals surface area (Å²) in [6.45, 7) is 1.02. The maximum Gasteiger partial charge on any atom is 0.269 e. The lowest BCUT2D eigenvalue weighted by molar-refractivity contribution is -0.384. The fraction of sp³-hybridized carbons (Fsp3) is 0.455. The summed E-state index contributed by atoms with van der Waals surface area (Å²) in [5.41, 5.74) is 3.70. The predicted molar refractivity (Wildman–Crippen MR) is 68.2 cm³/mol. The number of nitrogen functional groups attached to an aromatic ring is 1. The number of hydrazine groups is 1. The molecule has 104 valence electrons. The first kappa shape index (κ1) is 13.7. The van der Waals surface area contributed by atoms with Crippen LogP contribution in [0.4, 0.5) is 11.4 Å². The highest BCUT2D eigenvalue weighted by Crippen LogP contribution is 2.24. The maximum absolute atomic E-state index is 10.8. The van der Waals surface area contributed by atoms with E-state index in [2.05, 4.69) is 5.43 Å². The van der Waals surface area contributed by atoms with Crippen LogP contribution in [0.2, 0.25) is 0 Å². The van der Waals surface area contributed by atoms with Crippen LogP contribution in [0.25, 0.3) is 0 Å². The van der Waals surface area contributed by atoms with Crippen LogP contribution in [0, 0.1) is 10.1 Å². The minimum Gasteiger partial charge on any atom is -0.389 e. The molecule has 1 aliphatic rings. The third-order valence-electron chi connectivity index (χ3n) is 3.18. The molecule has 0 saturated carbocycles. The van der Waals surface area contributed by atoms with Crippen LogP contribution in [0.1, 0.15) is 5.56 Å². The van der Waals surface area contributed by atoms with Gasteiger partial charge in [0.1, 0.15) is 0 Å². The minimum atomic E-state index is -0.784. The summed E-state index contributed by atoms with van der Waals surface area (Å²) >= 11 is 0. The molecule has 1 aromatic carbocycles. The van der Waals surface area contributed by atoms with Crippen LogP contribution in [0.15, 0.2) is 18.2 Å². The van der Waals surface area contributed by atoms with Crippen molar-refractivity contribution >= 4 is 11.4 Å². The van der Waals surface area contributed by atoms with E-state index in [4.69, 9.17) is 5.84 Å². The lowest BCUT2D eigenvalue weighted by Crippen LogP contribution is -2.22. The van der Waals surface area contributed by atoms with Crippen molar-refractivity contribution in [3.8, 4) is 0 Å². The molecule has 0 bridgehead atoms. The van der Waals surface area contributed by atoms with Crippen LogP contribution in [-0.2, 0) is 6.54 Å². The number of nitrogens with zero attached hydrogens (tertiary/aromatic N) is 2. The lowest BCUT2D eigenvalue weighted by atomic mass is 10.1. The Kier molecular flexibility index (Phi) is 3.96. The van der Waals surface area contributed by atoms with Gasteiger partial charge in [0.05, 0.1) is 22.8 Å². The van der Waals surface area contributed by atoms with Crippen molar-refractivity contribution in [2.75, 3.05) is 18.5 Å². The van der Waals surface area contributed by atoms with Crippen LogP contribution in [0.3, 0.4) is 0 Å². The first-order chi connectivity index (χ1) is 9.01. The van der Waals surface area contributed by atoms with Crippen LogP contribution < -0.4 is 11.3 Å². The minimum absolute atomic E-state index is 0.0192. The number of nitrogens with two attached hydrogens (primary N) is 1. The molecule has 1 fully saturated rings. The number of anilines is 1. The number of nitro groups is 1. The molecule has 2 unspecified atom stereocenters. The Hall–Kier alpha value is -1.74. The van der Waals surface area contributed by atoms with E-state index in [1.807, 2.05) is 4.90 Å². The highest BCUT2D eigenvalue weighted by atomic mass is 16.6. The SMILES string of the molecule is NNc1ccc([N+](=O)[O-])cc1CN1CC(O)C(O)C1. The third kappa shape index (κ3) is 2.99. The molecule has 1 heterocycles. The molecule has 8 nitrogen and oxygen atoms in total. The van der Waals surface area contributed by atoms with Gasteiger partial charge in [0.15, 0.2) is 0 Å². The summed E-state index contributed by atoms with van der Waals surface area (Å²) in [6, 6.07) is 4.34. The van der Waals surface area contributed by atoms with Crippen molar-refractivity contribution < 1.29 is 15.1 Å². The number of β-amino-alcohol motifs (C(OH)–C–C–N with tert-alkyl or cyclic N) is 2. The zero-order valence-electron chi connectivity index (χ0n) is 10.2. The molecule has 2 atom stereocenters. The van der Waals surface area contributed by atoms with Crippen molar-refractivity contribution in [2.45, 2.75) is 18.8 Å². The maximum atomic E-state index is 10.8. The number of hydrogen-bond donors (Lipinski definition) is 4. The number of nitro benzene ring substituents is 1. The van der Waals surface area contributed by atoms with Gasteiger partial charge in [-0.2, -0.15) is 0 Å². The van der Waals surface area contributed by atoms with E-state index in [1.54, 1.807) is 0 Å². The van der Waals surface area contributed by atoms with Gasteiger partial charge in [-0.15, -0.1) is 0 Å². The van der Waals surface area contributed by atoms with Crippen molar-refractivity contribution in [1.29, 1.82) is 0 Å². The summed E-state index contributed by atoms with van der Waals surface area (Å²) in [7, 11) is 0. The van der Waals surface area contributed by atoms with Gasteiger partial charge in [0, 0.05) is 31.8 Å². The summed E-state index contributed by atoms with van der Waals surface area (Å²) in [5.74, 6) is 5.37. The summed E-state index contributed by atoms with van der Waals surface area (Å²) in [4.78, 5) is 12.1. The Balaban J connectivity index is 2.18. The quantitative estimate of drug-likeness (QED) is 0.327. The zero-order valence-corrected chi connectivity index (χ0v) is 10.2. The number of aliphatic hydroxyl groups excluding tert-OH is 2. The Morgan fingerprint density at radius 3 is 2.58 bits per heavy atom. The number of benzene rings is 1. The van der Waals surface area contributed by atoms with Crippen molar-refractivity contribution in [2.24, 2.45) is 5.84 Å². The molecule has 0 spiro atoms. The molecule has 0 amide bonds. The van der Waals surface area contributed by atoms with E-state index in [9.17, 15) is 20.3 Å². The molecule has 8 heteroatoms. The highest BCUT2D eigenvalue weighted by molar-refractivity contribution is 5.55. The predicted octanol–water partition coefficient (Wildman–Crippen LogP) is -0.582.